The van der Waals surface area contributed by atoms with Crippen molar-refractivity contribution in [1.82, 2.24) is 4.98 Å². The number of halogens is 6. The maximum absolute atomic E-state index is 13.1. The van der Waals surface area contributed by atoms with E-state index in [-0.39, 0.29) is 18.2 Å². The number of alkyl halides is 6. The molecule has 0 fully saturated rings. The number of hydrogen-bond donors (Lipinski definition) is 1. The Bertz CT molecular complexity index is 1170. The van der Waals surface area contributed by atoms with Crippen LogP contribution < -0.4 is 9.64 Å². The van der Waals surface area contributed by atoms with Gasteiger partial charge in [0.25, 0.3) is 0 Å². The molecule has 1 heterocycles. The third-order valence-corrected chi connectivity index (χ3v) is 6.09. The number of hydrogen-bond acceptors (Lipinski definition) is 5. The fraction of sp³-hybridized carbons (Fsp3) is 0.333. The van der Waals surface area contributed by atoms with Crippen molar-refractivity contribution in [3.05, 3.63) is 76.3 Å². The zero-order valence-electron chi connectivity index (χ0n) is 19.2. The minimum absolute atomic E-state index is 0.0525. The Morgan fingerprint density at radius 1 is 0.944 bits per heavy atom. The molecule has 0 saturated heterocycles. The van der Waals surface area contributed by atoms with Gasteiger partial charge >= 0.3 is 18.3 Å². The van der Waals surface area contributed by atoms with E-state index in [2.05, 4.69) is 4.98 Å². The van der Waals surface area contributed by atoms with Crippen LogP contribution in [0.15, 0.2) is 53.9 Å². The molecule has 0 saturated carbocycles. The second-order valence-electron chi connectivity index (χ2n) is 8.44. The fourth-order valence-corrected chi connectivity index (χ4v) is 3.99. The molecule has 2 aromatic carbocycles. The first-order valence-corrected chi connectivity index (χ1v) is 11.5. The van der Waals surface area contributed by atoms with Crippen LogP contribution in [-0.4, -0.2) is 28.2 Å². The van der Waals surface area contributed by atoms with Crippen molar-refractivity contribution < 1.29 is 41.0 Å². The number of carbonyl (C=O) groups is 1. The highest BCUT2D eigenvalue weighted by Gasteiger charge is 2.34. The molecule has 12 heteroatoms. The number of aliphatic carboxylic acids is 1. The highest BCUT2D eigenvalue weighted by atomic mass is 32.1. The van der Waals surface area contributed by atoms with Gasteiger partial charge in [0.05, 0.1) is 5.56 Å². The summed E-state index contributed by atoms with van der Waals surface area (Å²) in [4.78, 5) is 16.5. The number of carboxylic acid groups (broad SMARTS) is 1. The molecule has 0 atom stereocenters. The summed E-state index contributed by atoms with van der Waals surface area (Å²) in [6, 6.07) is 11.0. The number of rotatable bonds is 9. The minimum Gasteiger partial charge on any atom is -0.478 e. The topological polar surface area (TPSA) is 62.7 Å². The van der Waals surface area contributed by atoms with Gasteiger partial charge in [0.2, 0.25) is 0 Å². The average molecular weight is 533 g/mol. The summed E-state index contributed by atoms with van der Waals surface area (Å²) >= 11 is 0.797. The molecule has 0 unspecified atom stereocenters. The molecule has 36 heavy (non-hydrogen) atoms. The van der Waals surface area contributed by atoms with Gasteiger partial charge in [-0.15, -0.1) is 11.3 Å². The molecule has 1 N–H and O–H groups in total. The van der Waals surface area contributed by atoms with E-state index in [9.17, 15) is 36.2 Å². The summed E-state index contributed by atoms with van der Waals surface area (Å²) in [6.45, 7) is 3.10. The Hall–Kier alpha value is -3.28. The number of benzene rings is 2. The van der Waals surface area contributed by atoms with Gasteiger partial charge in [-0.3, -0.25) is 0 Å². The van der Waals surface area contributed by atoms with Crippen molar-refractivity contribution in [1.29, 1.82) is 0 Å². The third-order valence-electron chi connectivity index (χ3n) is 5.19. The maximum Gasteiger partial charge on any atom is 0.434 e. The van der Waals surface area contributed by atoms with Crippen LogP contribution in [0.3, 0.4) is 0 Å². The van der Waals surface area contributed by atoms with Crippen LogP contribution in [0.1, 0.15) is 36.2 Å². The molecule has 0 bridgehead atoms. The highest BCUT2D eigenvalue weighted by molar-refractivity contribution is 7.13. The summed E-state index contributed by atoms with van der Waals surface area (Å²) in [6.07, 6.45) is -8.73. The van der Waals surface area contributed by atoms with Crippen LogP contribution in [0.4, 0.5) is 31.5 Å². The molecular weight excluding hydrogens is 510 g/mol. The van der Waals surface area contributed by atoms with Gasteiger partial charge in [0.1, 0.15) is 5.75 Å². The lowest BCUT2D eigenvalue weighted by Gasteiger charge is -2.23. The third kappa shape index (κ3) is 7.12. The van der Waals surface area contributed by atoms with E-state index in [1.54, 1.807) is 29.2 Å². The van der Waals surface area contributed by atoms with Crippen LogP contribution in [-0.2, 0) is 30.1 Å². The van der Waals surface area contributed by atoms with Crippen molar-refractivity contribution in [2.75, 3.05) is 11.4 Å². The summed E-state index contributed by atoms with van der Waals surface area (Å²) in [5, 5.41) is 10.2. The van der Waals surface area contributed by atoms with Crippen molar-refractivity contribution in [3.63, 3.8) is 0 Å². The summed E-state index contributed by atoms with van der Waals surface area (Å²) in [5.74, 6) is -0.797. The van der Waals surface area contributed by atoms with Gasteiger partial charge in [-0.2, -0.15) is 26.3 Å². The number of anilines is 1. The molecule has 3 aromatic rings. The molecule has 194 valence electrons. The zero-order chi connectivity index (χ0) is 26.7. The normalized spacial score (nSPS) is 12.4. The first kappa shape index (κ1) is 27.3. The fourth-order valence-electron chi connectivity index (χ4n) is 3.13. The van der Waals surface area contributed by atoms with Crippen LogP contribution in [0.25, 0.3) is 0 Å². The number of ether oxygens (including phenoxy) is 1. The van der Waals surface area contributed by atoms with Gasteiger partial charge in [0.15, 0.2) is 16.4 Å². The summed E-state index contributed by atoms with van der Waals surface area (Å²) in [5.41, 5.74) is -2.02. The van der Waals surface area contributed by atoms with Gasteiger partial charge in [-0.1, -0.05) is 24.3 Å². The highest BCUT2D eigenvalue weighted by Crippen LogP contribution is 2.34. The Morgan fingerprint density at radius 3 is 2.03 bits per heavy atom. The van der Waals surface area contributed by atoms with E-state index < -0.39 is 35.2 Å². The standard InChI is InChI=1S/C24H22F6N2O3S/c1-22(2,20(33)34)35-18-9-5-15(6-10-18)11-12-32(21-31-19(14-36-21)24(28,29)30)13-16-3-7-17(8-4-16)23(25,26)27/h3-10,14H,11-13H2,1-2H3,(H,33,34). The monoisotopic (exact) mass is 532 g/mol. The van der Waals surface area contributed by atoms with E-state index in [1.165, 1.54) is 26.0 Å². The SMILES string of the molecule is CC(C)(Oc1ccc(CCN(Cc2ccc(C(F)(F)F)cc2)c2nc(C(F)(F)F)cs2)cc1)C(=O)O. The van der Waals surface area contributed by atoms with Crippen LogP contribution in [0.5, 0.6) is 5.75 Å². The smallest absolute Gasteiger partial charge is 0.434 e. The van der Waals surface area contributed by atoms with Gasteiger partial charge in [0, 0.05) is 18.5 Å². The van der Waals surface area contributed by atoms with E-state index in [1.807, 2.05) is 0 Å². The van der Waals surface area contributed by atoms with Gasteiger partial charge < -0.3 is 14.7 Å². The first-order chi connectivity index (χ1) is 16.6. The van der Waals surface area contributed by atoms with E-state index in [0.29, 0.717) is 17.7 Å². The molecule has 1 aromatic heterocycles. The number of carboxylic acids is 1. The van der Waals surface area contributed by atoms with Gasteiger partial charge in [-0.05, 0) is 55.7 Å². The predicted octanol–water partition coefficient (Wildman–Crippen LogP) is 6.67. The van der Waals surface area contributed by atoms with Crippen molar-refractivity contribution in [2.45, 2.75) is 44.8 Å². The quantitative estimate of drug-likeness (QED) is 0.312. The Kier molecular flexibility index (Phi) is 7.87. The van der Waals surface area contributed by atoms with E-state index in [0.717, 1.165) is 34.4 Å². The van der Waals surface area contributed by atoms with Gasteiger partial charge in [-0.25, -0.2) is 9.78 Å². The lowest BCUT2D eigenvalue weighted by Crippen LogP contribution is -2.37. The Balaban J connectivity index is 1.76. The molecule has 3 rings (SSSR count). The van der Waals surface area contributed by atoms with E-state index >= 15 is 0 Å². The molecule has 0 aliphatic carbocycles. The Morgan fingerprint density at radius 2 is 1.53 bits per heavy atom. The van der Waals surface area contributed by atoms with E-state index in [4.69, 9.17) is 4.74 Å². The van der Waals surface area contributed by atoms with Crippen LogP contribution >= 0.6 is 11.3 Å². The number of thiazole rings is 1. The molecule has 0 aliphatic rings. The summed E-state index contributed by atoms with van der Waals surface area (Å²) in [7, 11) is 0. The van der Waals surface area contributed by atoms with Crippen molar-refractivity contribution in [2.24, 2.45) is 0 Å². The van der Waals surface area contributed by atoms with Crippen LogP contribution in [0.2, 0.25) is 0 Å². The summed E-state index contributed by atoms with van der Waals surface area (Å²) < 4.78 is 83.3. The first-order valence-electron chi connectivity index (χ1n) is 10.6. The van der Waals surface area contributed by atoms with Crippen LogP contribution in [0, 0.1) is 0 Å². The Labute approximate surface area is 207 Å². The maximum atomic E-state index is 13.1. The second-order valence-corrected chi connectivity index (χ2v) is 9.28. The molecule has 0 amide bonds. The second kappa shape index (κ2) is 10.4. The van der Waals surface area contributed by atoms with Crippen molar-refractivity contribution >= 4 is 22.4 Å². The largest absolute Gasteiger partial charge is 0.478 e. The molecule has 0 radical (unpaired) electrons. The lowest BCUT2D eigenvalue weighted by molar-refractivity contribution is -0.152. The lowest BCUT2D eigenvalue weighted by atomic mass is 10.1. The number of aromatic nitrogens is 1. The average Bonchev–Trinajstić information content (AvgIpc) is 3.28. The molecule has 5 nitrogen and oxygen atoms in total. The molecule has 0 aliphatic heterocycles. The van der Waals surface area contributed by atoms with Crippen molar-refractivity contribution in [3.8, 4) is 5.75 Å². The zero-order valence-corrected chi connectivity index (χ0v) is 20.0. The molecule has 0 spiro atoms. The number of nitrogens with zero attached hydrogens (tertiary/aromatic N) is 2. The molecular formula is C24H22F6N2O3S. The minimum atomic E-state index is -4.62. The predicted molar refractivity (Wildman–Crippen MR) is 122 cm³/mol.